The molecule has 0 amide bonds. The molecule has 0 aliphatic rings. The molecule has 5 rings (SSSR count). The molecule has 0 saturated heterocycles. The summed E-state index contributed by atoms with van der Waals surface area (Å²) in [6.07, 6.45) is 4.75. The number of aliphatic hydroxyl groups is 1. The molecule has 0 bridgehead atoms. The Hall–Kier alpha value is -3.66. The van der Waals surface area contributed by atoms with E-state index in [0.717, 1.165) is 59.2 Å². The van der Waals surface area contributed by atoms with E-state index < -0.39 is 0 Å². The van der Waals surface area contributed by atoms with Crippen molar-refractivity contribution in [3.63, 3.8) is 0 Å². The molecule has 1 radical (unpaired) electrons. The fourth-order valence-corrected chi connectivity index (χ4v) is 6.11. The Morgan fingerprint density at radius 1 is 0.780 bits per heavy atom. The van der Waals surface area contributed by atoms with Gasteiger partial charge in [0.15, 0.2) is 5.78 Å². The summed E-state index contributed by atoms with van der Waals surface area (Å²) in [4.78, 5) is 21.9. The largest absolute Gasteiger partial charge is 0.512 e. The van der Waals surface area contributed by atoms with Gasteiger partial charge >= 0.3 is 0 Å². The van der Waals surface area contributed by atoms with E-state index in [1.165, 1.54) is 33.5 Å². The Morgan fingerprint density at radius 2 is 1.40 bits per heavy atom. The van der Waals surface area contributed by atoms with Crippen LogP contribution in [0.3, 0.4) is 0 Å². The van der Waals surface area contributed by atoms with Gasteiger partial charge in [0.25, 0.3) is 0 Å². The molecule has 1 N–H and O–H groups in total. The van der Waals surface area contributed by atoms with Gasteiger partial charge in [-0.2, -0.15) is 0 Å². The minimum Gasteiger partial charge on any atom is -0.512 e. The molecule has 5 heteroatoms. The van der Waals surface area contributed by atoms with Crippen molar-refractivity contribution in [1.82, 2.24) is 9.97 Å². The van der Waals surface area contributed by atoms with Gasteiger partial charge in [0.05, 0.1) is 5.52 Å². The third-order valence-corrected chi connectivity index (χ3v) is 10.7. The zero-order valence-corrected chi connectivity index (χ0v) is 34.3. The van der Waals surface area contributed by atoms with Gasteiger partial charge in [-0.25, -0.2) is 4.98 Å². The van der Waals surface area contributed by atoms with Crippen molar-refractivity contribution < 1.29 is 30.0 Å². The summed E-state index contributed by atoms with van der Waals surface area (Å²) in [5.41, 5.74) is 7.39. The smallest absolute Gasteiger partial charge is 0.164 e. The molecule has 0 atom stereocenters. The third kappa shape index (κ3) is 8.79. The maximum Gasteiger partial charge on any atom is 0.164 e. The number of hydrogen-bond acceptors (Lipinski definition) is 4. The first-order chi connectivity index (χ1) is 23.1. The average molecular weight is 848 g/mol. The van der Waals surface area contributed by atoms with Crippen LogP contribution in [0.4, 0.5) is 0 Å². The van der Waals surface area contributed by atoms with Crippen molar-refractivity contribution in [3.8, 4) is 22.4 Å². The van der Waals surface area contributed by atoms with Crippen LogP contribution in [0.1, 0.15) is 105 Å². The molecule has 0 spiro atoms. The zero-order chi connectivity index (χ0) is 36.1. The first-order valence-electron chi connectivity index (χ1n) is 17.9. The summed E-state index contributed by atoms with van der Waals surface area (Å²) in [7, 11) is 0. The second-order valence-electron chi connectivity index (χ2n) is 15.0. The van der Waals surface area contributed by atoms with E-state index in [1.807, 2.05) is 60.6 Å². The van der Waals surface area contributed by atoms with Gasteiger partial charge in [0.2, 0.25) is 0 Å². The predicted octanol–water partition coefficient (Wildman–Crippen LogP) is 12.5. The van der Waals surface area contributed by atoms with Crippen LogP contribution in [0.25, 0.3) is 44.1 Å². The molecule has 50 heavy (non-hydrogen) atoms. The van der Waals surface area contributed by atoms with Crippen LogP contribution in [0.5, 0.6) is 0 Å². The number of aliphatic hydroxyl groups excluding tert-OH is 1. The first kappa shape index (κ1) is 40.8. The maximum absolute atomic E-state index is 12.2. The molecular weight excluding hydrogens is 793 g/mol. The molecular formula is C45H55IrN2O2-. The minimum absolute atomic E-state index is 0. The Balaban J connectivity index is 0.000000323. The minimum atomic E-state index is -0.337. The van der Waals surface area contributed by atoms with Crippen LogP contribution in [-0.2, 0) is 30.3 Å². The molecule has 0 saturated carbocycles. The summed E-state index contributed by atoms with van der Waals surface area (Å²) in [5, 5.41) is 13.6. The number of carbonyl (C=O) groups excluding carboxylic acids is 1. The van der Waals surface area contributed by atoms with Crippen molar-refractivity contribution in [3.05, 3.63) is 108 Å². The van der Waals surface area contributed by atoms with Crippen LogP contribution >= 0.6 is 0 Å². The number of aromatic nitrogens is 2. The summed E-state index contributed by atoms with van der Waals surface area (Å²) in [5.74, 6) is 1.06. The van der Waals surface area contributed by atoms with Gasteiger partial charge in [0, 0.05) is 42.4 Å². The normalized spacial score (nSPS) is 12.3. The fourth-order valence-electron chi connectivity index (χ4n) is 6.11. The Kier molecular flexibility index (Phi) is 13.5. The van der Waals surface area contributed by atoms with E-state index in [2.05, 4.69) is 94.4 Å². The Morgan fingerprint density at radius 3 is 1.98 bits per heavy atom. The van der Waals surface area contributed by atoms with Crippen molar-refractivity contribution in [2.24, 2.45) is 10.8 Å². The number of rotatable bonds is 9. The van der Waals surface area contributed by atoms with Gasteiger partial charge < -0.3 is 5.11 Å². The number of ketones is 1. The average Bonchev–Trinajstić information content (AvgIpc) is 3.10. The predicted molar refractivity (Wildman–Crippen MR) is 208 cm³/mol. The molecule has 0 aliphatic heterocycles. The van der Waals surface area contributed by atoms with E-state index >= 15 is 0 Å². The molecule has 1 heterocycles. The standard InChI is InChI=1S/C30H27N2.C15H28O2.Ir/c1-19-16-25(30(3,4)5)18-23-14-15-26-28(31-20(2)32-29(26)27(19)23)24-13-9-12-22(17-24)21-10-7-6-8-11-21;1-7-14(5,8-2)12(16)11-13(17)15(6,9-3)10-4;/h6-12,14-18H,1-5H3;11,16H,7-10H2,1-6H3;/q-1;;/b;12-11-;. The van der Waals surface area contributed by atoms with Gasteiger partial charge in [-0.1, -0.05) is 117 Å². The van der Waals surface area contributed by atoms with Crippen LogP contribution < -0.4 is 0 Å². The summed E-state index contributed by atoms with van der Waals surface area (Å²) in [6, 6.07) is 29.1. The van der Waals surface area contributed by atoms with Crippen LogP contribution in [0, 0.1) is 30.7 Å². The molecule has 0 unspecified atom stereocenters. The van der Waals surface area contributed by atoms with Crippen molar-refractivity contribution >= 4 is 27.5 Å². The number of allylic oxidation sites excluding steroid dienone is 2. The summed E-state index contributed by atoms with van der Waals surface area (Å²) >= 11 is 0. The van der Waals surface area contributed by atoms with Crippen molar-refractivity contribution in [2.45, 2.75) is 107 Å². The molecule has 0 fully saturated rings. The second kappa shape index (κ2) is 16.6. The van der Waals surface area contributed by atoms with Crippen LogP contribution in [-0.4, -0.2) is 20.9 Å². The van der Waals surface area contributed by atoms with E-state index in [-0.39, 0.29) is 47.9 Å². The third-order valence-electron chi connectivity index (χ3n) is 10.7. The van der Waals surface area contributed by atoms with Gasteiger partial charge in [0.1, 0.15) is 11.6 Å². The summed E-state index contributed by atoms with van der Waals surface area (Å²) in [6.45, 7) is 23.0. The maximum atomic E-state index is 12.2. The number of carbonyl (C=O) groups is 1. The van der Waals surface area contributed by atoms with E-state index in [0.29, 0.717) is 0 Å². The van der Waals surface area contributed by atoms with E-state index in [9.17, 15) is 9.90 Å². The Labute approximate surface area is 314 Å². The topological polar surface area (TPSA) is 63.1 Å². The number of aryl methyl sites for hydroxylation is 2. The second-order valence-corrected chi connectivity index (χ2v) is 15.0. The molecule has 0 aliphatic carbocycles. The number of fused-ring (bicyclic) bond motifs is 3. The zero-order valence-electron chi connectivity index (χ0n) is 31.9. The van der Waals surface area contributed by atoms with Gasteiger partial charge in [-0.15, -0.1) is 35.4 Å². The molecule has 4 aromatic carbocycles. The summed E-state index contributed by atoms with van der Waals surface area (Å²) < 4.78 is 0. The SMILES string of the molecule is CCC(C)(CC)C(=O)/C=C(\O)C(C)(CC)CC.Cc1nc(-c2[c-]ccc(-c3ccccc3)c2)c2ccc3cc(C(C)(C)C)cc(C)c3c2n1.[Ir]. The Bertz CT molecular complexity index is 1960. The van der Waals surface area contributed by atoms with E-state index in [1.54, 1.807) is 0 Å². The van der Waals surface area contributed by atoms with Crippen LogP contribution in [0.15, 0.2) is 84.6 Å². The quantitative estimate of drug-likeness (QED) is 0.0695. The van der Waals surface area contributed by atoms with Gasteiger partial charge in [-0.05, 0) is 78.1 Å². The fraction of sp³-hybridized carbons (Fsp3) is 0.400. The van der Waals surface area contributed by atoms with Crippen LogP contribution in [0.2, 0.25) is 0 Å². The number of hydrogen-bond donors (Lipinski definition) is 1. The monoisotopic (exact) mass is 848 g/mol. The van der Waals surface area contributed by atoms with E-state index in [4.69, 9.17) is 9.97 Å². The molecule has 5 aromatic rings. The van der Waals surface area contributed by atoms with Crippen molar-refractivity contribution in [2.75, 3.05) is 0 Å². The number of nitrogens with zero attached hydrogens (tertiary/aromatic N) is 2. The number of benzene rings is 4. The van der Waals surface area contributed by atoms with Gasteiger partial charge in [-0.3, -0.25) is 9.78 Å². The first-order valence-corrected chi connectivity index (χ1v) is 17.9. The van der Waals surface area contributed by atoms with Crippen molar-refractivity contribution in [1.29, 1.82) is 0 Å². The molecule has 1 aromatic heterocycles. The molecule has 267 valence electrons. The molecule has 4 nitrogen and oxygen atoms in total.